The molecule has 0 spiro atoms. The van der Waals surface area contributed by atoms with Crippen LogP contribution in [0.4, 0.5) is 13.2 Å². The maximum Gasteiger partial charge on any atom is 0.416 e. The minimum absolute atomic E-state index is 0.289. The van der Waals surface area contributed by atoms with Crippen LogP contribution in [0, 0.1) is 0 Å². The van der Waals surface area contributed by atoms with Crippen molar-refractivity contribution in [1.29, 1.82) is 0 Å². The standard InChI is InChI=1S/C13H10BrF3OS/c14-10-5-6-19-12(10)11(18)7-8-1-3-9(4-2-8)13(15,16)17/h1-6,11,18H,7H2. The van der Waals surface area contributed by atoms with Gasteiger partial charge in [-0.25, -0.2) is 0 Å². The van der Waals surface area contributed by atoms with Crippen LogP contribution < -0.4 is 0 Å². The molecule has 1 unspecified atom stereocenters. The zero-order valence-electron chi connectivity index (χ0n) is 9.62. The summed E-state index contributed by atoms with van der Waals surface area (Å²) in [6, 6.07) is 6.69. The Kier molecular flexibility index (Phi) is 4.32. The molecule has 0 radical (unpaired) electrons. The van der Waals surface area contributed by atoms with Crippen LogP contribution >= 0.6 is 27.3 Å². The van der Waals surface area contributed by atoms with Crippen molar-refractivity contribution in [3.8, 4) is 0 Å². The van der Waals surface area contributed by atoms with Crippen LogP contribution in [0.15, 0.2) is 40.2 Å². The van der Waals surface area contributed by atoms with Gasteiger partial charge in [0.1, 0.15) is 0 Å². The molecule has 102 valence electrons. The number of alkyl halides is 3. The maximum absolute atomic E-state index is 12.4. The van der Waals surface area contributed by atoms with Crippen LogP contribution in [0.1, 0.15) is 22.1 Å². The molecule has 2 rings (SSSR count). The summed E-state index contributed by atoms with van der Waals surface area (Å²) in [5.74, 6) is 0. The first-order valence-electron chi connectivity index (χ1n) is 5.45. The van der Waals surface area contributed by atoms with Crippen LogP contribution in [-0.4, -0.2) is 5.11 Å². The second-order valence-electron chi connectivity index (χ2n) is 4.05. The summed E-state index contributed by atoms with van der Waals surface area (Å²) in [5, 5.41) is 11.9. The number of halogens is 4. The number of rotatable bonds is 3. The Hall–Kier alpha value is -0.850. The number of aliphatic hydroxyl groups excluding tert-OH is 1. The van der Waals surface area contributed by atoms with E-state index in [0.717, 1.165) is 21.5 Å². The minimum atomic E-state index is -4.33. The quantitative estimate of drug-likeness (QED) is 0.842. The van der Waals surface area contributed by atoms with E-state index in [1.54, 1.807) is 0 Å². The van der Waals surface area contributed by atoms with Crippen LogP contribution in [0.25, 0.3) is 0 Å². The van der Waals surface area contributed by atoms with E-state index in [1.165, 1.54) is 23.5 Å². The molecule has 0 aliphatic carbocycles. The molecular weight excluding hydrogens is 341 g/mol. The van der Waals surface area contributed by atoms with E-state index in [1.807, 2.05) is 11.4 Å². The Morgan fingerprint density at radius 2 is 1.79 bits per heavy atom. The number of benzene rings is 1. The van der Waals surface area contributed by atoms with E-state index in [0.29, 0.717) is 5.56 Å². The van der Waals surface area contributed by atoms with Gasteiger partial charge >= 0.3 is 6.18 Å². The van der Waals surface area contributed by atoms with Gasteiger partial charge in [-0.15, -0.1) is 11.3 Å². The number of thiophene rings is 1. The number of aliphatic hydroxyl groups is 1. The number of hydrogen-bond donors (Lipinski definition) is 1. The van der Waals surface area contributed by atoms with Crippen molar-refractivity contribution in [1.82, 2.24) is 0 Å². The van der Waals surface area contributed by atoms with Crippen molar-refractivity contribution in [2.75, 3.05) is 0 Å². The van der Waals surface area contributed by atoms with E-state index in [4.69, 9.17) is 0 Å². The van der Waals surface area contributed by atoms with Gasteiger partial charge in [-0.2, -0.15) is 13.2 Å². The fraction of sp³-hybridized carbons (Fsp3) is 0.231. The van der Waals surface area contributed by atoms with Gasteiger partial charge < -0.3 is 5.11 Å². The summed E-state index contributed by atoms with van der Waals surface area (Å²) in [5.41, 5.74) is -0.0103. The van der Waals surface area contributed by atoms with Crippen molar-refractivity contribution >= 4 is 27.3 Å². The van der Waals surface area contributed by atoms with Gasteiger partial charge in [0.25, 0.3) is 0 Å². The fourth-order valence-corrected chi connectivity index (χ4v) is 3.31. The molecule has 0 saturated carbocycles. The summed E-state index contributed by atoms with van der Waals surface area (Å²) in [7, 11) is 0. The molecule has 0 amide bonds. The largest absolute Gasteiger partial charge is 0.416 e. The molecule has 1 N–H and O–H groups in total. The SMILES string of the molecule is OC(Cc1ccc(C(F)(F)F)cc1)c1sccc1Br. The van der Waals surface area contributed by atoms with Gasteiger partial charge in [-0.1, -0.05) is 12.1 Å². The Morgan fingerprint density at radius 1 is 1.16 bits per heavy atom. The third-order valence-electron chi connectivity index (χ3n) is 2.66. The molecule has 0 aliphatic heterocycles. The van der Waals surface area contributed by atoms with Crippen molar-refractivity contribution in [3.05, 3.63) is 56.2 Å². The highest BCUT2D eigenvalue weighted by atomic mass is 79.9. The highest BCUT2D eigenvalue weighted by Crippen LogP contribution is 2.32. The lowest BCUT2D eigenvalue weighted by molar-refractivity contribution is -0.137. The van der Waals surface area contributed by atoms with Crippen molar-refractivity contribution < 1.29 is 18.3 Å². The summed E-state index contributed by atoms with van der Waals surface area (Å²) in [4.78, 5) is 0.778. The van der Waals surface area contributed by atoms with E-state index in [-0.39, 0.29) is 6.42 Å². The molecule has 19 heavy (non-hydrogen) atoms. The second kappa shape index (κ2) is 5.64. The van der Waals surface area contributed by atoms with Crippen LogP contribution in [-0.2, 0) is 12.6 Å². The molecule has 0 fully saturated rings. The van der Waals surface area contributed by atoms with Gasteiger partial charge in [-0.05, 0) is 45.1 Å². The van der Waals surface area contributed by atoms with Gasteiger partial charge in [0.15, 0.2) is 0 Å². The van der Waals surface area contributed by atoms with E-state index < -0.39 is 17.8 Å². The molecule has 1 aromatic heterocycles. The lowest BCUT2D eigenvalue weighted by Crippen LogP contribution is -2.05. The number of hydrogen-bond acceptors (Lipinski definition) is 2. The van der Waals surface area contributed by atoms with Crippen LogP contribution in [0.3, 0.4) is 0 Å². The van der Waals surface area contributed by atoms with Crippen molar-refractivity contribution in [2.45, 2.75) is 18.7 Å². The van der Waals surface area contributed by atoms with Gasteiger partial charge in [0.2, 0.25) is 0 Å². The monoisotopic (exact) mass is 350 g/mol. The predicted octanol–water partition coefficient (Wildman–Crippen LogP) is 4.81. The van der Waals surface area contributed by atoms with Crippen molar-refractivity contribution in [3.63, 3.8) is 0 Å². The molecule has 0 bridgehead atoms. The average molecular weight is 351 g/mol. The maximum atomic E-state index is 12.4. The van der Waals surface area contributed by atoms with E-state index in [2.05, 4.69) is 15.9 Å². The van der Waals surface area contributed by atoms with E-state index in [9.17, 15) is 18.3 Å². The van der Waals surface area contributed by atoms with E-state index >= 15 is 0 Å². The zero-order valence-corrected chi connectivity index (χ0v) is 12.0. The summed E-state index contributed by atoms with van der Waals surface area (Å²) in [6.45, 7) is 0. The summed E-state index contributed by atoms with van der Waals surface area (Å²) < 4.78 is 38.0. The first kappa shape index (κ1) is 14.6. The second-order valence-corrected chi connectivity index (χ2v) is 5.85. The molecule has 6 heteroatoms. The van der Waals surface area contributed by atoms with Gasteiger partial charge in [0.05, 0.1) is 11.7 Å². The third kappa shape index (κ3) is 3.58. The van der Waals surface area contributed by atoms with Gasteiger partial charge in [0, 0.05) is 15.8 Å². The summed E-state index contributed by atoms with van der Waals surface area (Å²) in [6.07, 6.45) is -4.75. The summed E-state index contributed by atoms with van der Waals surface area (Å²) >= 11 is 4.73. The Labute approximate surface area is 120 Å². The predicted molar refractivity (Wildman–Crippen MR) is 72.1 cm³/mol. The average Bonchev–Trinajstić information content (AvgIpc) is 2.75. The topological polar surface area (TPSA) is 20.2 Å². The lowest BCUT2D eigenvalue weighted by Gasteiger charge is -2.11. The van der Waals surface area contributed by atoms with Crippen molar-refractivity contribution in [2.24, 2.45) is 0 Å². The highest BCUT2D eigenvalue weighted by Gasteiger charge is 2.30. The Bertz CT molecular complexity index is 548. The fourth-order valence-electron chi connectivity index (χ4n) is 1.69. The molecule has 2 aromatic rings. The van der Waals surface area contributed by atoms with Crippen LogP contribution in [0.2, 0.25) is 0 Å². The molecule has 1 atom stereocenters. The Balaban J connectivity index is 2.10. The first-order valence-corrected chi connectivity index (χ1v) is 7.12. The van der Waals surface area contributed by atoms with Crippen LogP contribution in [0.5, 0.6) is 0 Å². The third-order valence-corrected chi connectivity index (χ3v) is 4.63. The normalized spacial score (nSPS) is 13.5. The molecular formula is C13H10BrF3OS. The zero-order chi connectivity index (χ0) is 14.0. The molecule has 1 nitrogen and oxygen atoms in total. The smallest absolute Gasteiger partial charge is 0.387 e. The molecule has 0 aliphatic rings. The highest BCUT2D eigenvalue weighted by molar-refractivity contribution is 9.10. The molecule has 0 saturated heterocycles. The Morgan fingerprint density at radius 3 is 2.26 bits per heavy atom. The first-order chi connectivity index (χ1) is 8.88. The lowest BCUT2D eigenvalue weighted by atomic mass is 10.0. The van der Waals surface area contributed by atoms with Gasteiger partial charge in [-0.3, -0.25) is 0 Å². The molecule has 1 heterocycles. The molecule has 1 aromatic carbocycles. The minimum Gasteiger partial charge on any atom is -0.387 e.